The van der Waals surface area contributed by atoms with Gasteiger partial charge < -0.3 is 10.0 Å². The quantitative estimate of drug-likeness (QED) is 0.869. The Labute approximate surface area is 102 Å². The first-order valence-corrected chi connectivity index (χ1v) is 6.16. The minimum absolute atomic E-state index is 0.363. The van der Waals surface area contributed by atoms with E-state index in [1.807, 2.05) is 24.3 Å². The van der Waals surface area contributed by atoms with Crippen molar-refractivity contribution in [3.8, 4) is 0 Å². The van der Waals surface area contributed by atoms with Crippen LogP contribution >= 0.6 is 0 Å². The van der Waals surface area contributed by atoms with E-state index in [0.717, 1.165) is 24.2 Å². The molecule has 1 aliphatic heterocycles. The molecule has 3 heteroatoms. The first-order valence-electron chi connectivity index (χ1n) is 6.16. The van der Waals surface area contributed by atoms with E-state index in [1.54, 1.807) is 0 Å². The molecule has 1 aliphatic rings. The third kappa shape index (κ3) is 2.43. The summed E-state index contributed by atoms with van der Waals surface area (Å²) >= 11 is 0. The summed E-state index contributed by atoms with van der Waals surface area (Å²) in [4.78, 5) is 13.4. The van der Waals surface area contributed by atoms with Crippen molar-refractivity contribution in [3.63, 3.8) is 0 Å². The molecule has 0 spiro atoms. The molecule has 92 valence electrons. The maximum absolute atomic E-state index is 11.2. The van der Waals surface area contributed by atoms with E-state index in [1.165, 1.54) is 0 Å². The lowest BCUT2D eigenvalue weighted by atomic mass is 10.0. The molecule has 1 atom stereocenters. The van der Waals surface area contributed by atoms with Crippen molar-refractivity contribution in [3.05, 3.63) is 29.8 Å². The van der Waals surface area contributed by atoms with Gasteiger partial charge in [-0.1, -0.05) is 32.0 Å². The summed E-state index contributed by atoms with van der Waals surface area (Å²) in [6, 6.07) is 7.86. The average Bonchev–Trinajstić information content (AvgIpc) is 2.65. The molecular weight excluding hydrogens is 214 g/mol. The van der Waals surface area contributed by atoms with E-state index in [2.05, 4.69) is 18.7 Å². The highest BCUT2D eigenvalue weighted by Gasteiger charge is 2.32. The number of carbonyl (C=O) groups is 1. The molecule has 1 heterocycles. The molecule has 1 aromatic rings. The summed E-state index contributed by atoms with van der Waals surface area (Å²) in [5.41, 5.74) is 2.06. The highest BCUT2D eigenvalue weighted by molar-refractivity contribution is 5.82. The lowest BCUT2D eigenvalue weighted by Crippen LogP contribution is -2.26. The van der Waals surface area contributed by atoms with Crippen LogP contribution in [0.15, 0.2) is 24.3 Å². The Balaban J connectivity index is 2.19. The van der Waals surface area contributed by atoms with Crippen molar-refractivity contribution >= 4 is 11.7 Å². The predicted octanol–water partition coefficient (Wildman–Crippen LogP) is 2.72. The number of hydrogen-bond acceptors (Lipinski definition) is 2. The minimum atomic E-state index is -0.718. The van der Waals surface area contributed by atoms with Crippen LogP contribution in [0.2, 0.25) is 0 Å². The van der Waals surface area contributed by atoms with Crippen molar-refractivity contribution in [2.45, 2.75) is 26.2 Å². The zero-order valence-electron chi connectivity index (χ0n) is 10.4. The zero-order valence-corrected chi connectivity index (χ0v) is 10.4. The van der Waals surface area contributed by atoms with E-state index in [4.69, 9.17) is 0 Å². The van der Waals surface area contributed by atoms with Gasteiger partial charge in [0.25, 0.3) is 0 Å². The Morgan fingerprint density at radius 2 is 2.18 bits per heavy atom. The first-order chi connectivity index (χ1) is 8.09. The van der Waals surface area contributed by atoms with Gasteiger partial charge in [-0.15, -0.1) is 0 Å². The number of nitrogens with zero attached hydrogens (tertiary/aromatic N) is 1. The second-order valence-corrected chi connectivity index (χ2v) is 5.08. The van der Waals surface area contributed by atoms with Crippen LogP contribution in [0.5, 0.6) is 0 Å². The molecule has 1 N–H and O–H groups in total. The largest absolute Gasteiger partial charge is 0.481 e. The number of para-hydroxylation sites is 1. The van der Waals surface area contributed by atoms with Crippen molar-refractivity contribution in [2.24, 2.45) is 5.92 Å². The van der Waals surface area contributed by atoms with Crippen LogP contribution in [0.1, 0.15) is 31.7 Å². The van der Waals surface area contributed by atoms with E-state index in [-0.39, 0.29) is 5.92 Å². The number of benzene rings is 1. The van der Waals surface area contributed by atoms with Gasteiger partial charge in [0.15, 0.2) is 0 Å². The molecule has 2 rings (SSSR count). The fourth-order valence-electron chi connectivity index (χ4n) is 2.32. The molecule has 0 bridgehead atoms. The Kier molecular flexibility index (Phi) is 3.36. The van der Waals surface area contributed by atoms with Gasteiger partial charge >= 0.3 is 5.97 Å². The summed E-state index contributed by atoms with van der Waals surface area (Å²) in [5, 5.41) is 9.23. The lowest BCUT2D eigenvalue weighted by molar-refractivity contribution is -0.138. The molecule has 0 aliphatic carbocycles. The van der Waals surface area contributed by atoms with Crippen molar-refractivity contribution < 1.29 is 9.90 Å². The zero-order chi connectivity index (χ0) is 12.4. The molecule has 0 aromatic heterocycles. The van der Waals surface area contributed by atoms with E-state index < -0.39 is 5.97 Å². The number of hydrogen-bond donors (Lipinski definition) is 1. The van der Waals surface area contributed by atoms with Crippen LogP contribution in [0.25, 0.3) is 0 Å². The summed E-state index contributed by atoms with van der Waals surface area (Å²) in [6.07, 6.45) is 1.10. The molecule has 3 nitrogen and oxygen atoms in total. The van der Waals surface area contributed by atoms with Crippen LogP contribution in [0, 0.1) is 5.92 Å². The van der Waals surface area contributed by atoms with Crippen molar-refractivity contribution in [2.75, 3.05) is 18.0 Å². The van der Waals surface area contributed by atoms with Crippen LogP contribution in [-0.2, 0) is 4.79 Å². The highest BCUT2D eigenvalue weighted by atomic mass is 16.4. The standard InChI is InChI=1S/C14H19NO2/c1-10(2)7-8-15-9-12(14(16)17)11-5-3-4-6-13(11)15/h3-6,10,12H,7-9H2,1-2H3,(H,16,17). The maximum Gasteiger partial charge on any atom is 0.312 e. The lowest BCUT2D eigenvalue weighted by Gasteiger charge is -2.20. The first kappa shape index (κ1) is 12.0. The van der Waals surface area contributed by atoms with Crippen molar-refractivity contribution in [1.82, 2.24) is 0 Å². The normalized spacial score (nSPS) is 18.5. The van der Waals surface area contributed by atoms with Gasteiger partial charge in [-0.25, -0.2) is 0 Å². The third-order valence-corrected chi connectivity index (χ3v) is 3.33. The Bertz CT molecular complexity index is 414. The fraction of sp³-hybridized carbons (Fsp3) is 0.500. The second kappa shape index (κ2) is 4.78. The highest BCUT2D eigenvalue weighted by Crippen LogP contribution is 2.36. The van der Waals surface area contributed by atoms with Gasteiger partial charge in [-0.3, -0.25) is 4.79 Å². The molecule has 0 saturated heterocycles. The number of aliphatic carboxylic acids is 1. The Morgan fingerprint density at radius 3 is 2.82 bits per heavy atom. The monoisotopic (exact) mass is 233 g/mol. The molecule has 1 unspecified atom stereocenters. The van der Waals surface area contributed by atoms with E-state index >= 15 is 0 Å². The van der Waals surface area contributed by atoms with Gasteiger partial charge in [-0.05, 0) is 24.0 Å². The summed E-state index contributed by atoms with van der Waals surface area (Å²) in [7, 11) is 0. The number of carboxylic acids is 1. The van der Waals surface area contributed by atoms with E-state index in [0.29, 0.717) is 12.5 Å². The SMILES string of the molecule is CC(C)CCN1CC(C(=O)O)c2ccccc21. The summed E-state index contributed by atoms with van der Waals surface area (Å²) < 4.78 is 0. The number of carboxylic acid groups (broad SMARTS) is 1. The maximum atomic E-state index is 11.2. The van der Waals surface area contributed by atoms with Gasteiger partial charge in [0.2, 0.25) is 0 Å². The summed E-state index contributed by atoms with van der Waals surface area (Å²) in [6.45, 7) is 5.94. The van der Waals surface area contributed by atoms with Gasteiger partial charge in [0.1, 0.15) is 5.92 Å². The van der Waals surface area contributed by atoms with Crippen molar-refractivity contribution in [1.29, 1.82) is 0 Å². The Hall–Kier alpha value is -1.51. The minimum Gasteiger partial charge on any atom is -0.481 e. The topological polar surface area (TPSA) is 40.5 Å². The second-order valence-electron chi connectivity index (χ2n) is 5.08. The molecular formula is C14H19NO2. The van der Waals surface area contributed by atoms with Gasteiger partial charge in [-0.2, -0.15) is 0 Å². The van der Waals surface area contributed by atoms with Crippen LogP contribution in [-0.4, -0.2) is 24.2 Å². The third-order valence-electron chi connectivity index (χ3n) is 3.33. The van der Waals surface area contributed by atoms with Gasteiger partial charge in [0.05, 0.1) is 0 Å². The fourth-order valence-corrected chi connectivity index (χ4v) is 2.32. The average molecular weight is 233 g/mol. The molecule has 0 saturated carbocycles. The van der Waals surface area contributed by atoms with E-state index in [9.17, 15) is 9.90 Å². The van der Waals surface area contributed by atoms with Crippen LogP contribution in [0.4, 0.5) is 5.69 Å². The Morgan fingerprint density at radius 1 is 1.47 bits per heavy atom. The predicted molar refractivity (Wildman–Crippen MR) is 68.5 cm³/mol. The molecule has 17 heavy (non-hydrogen) atoms. The number of fused-ring (bicyclic) bond motifs is 1. The summed E-state index contributed by atoms with van der Waals surface area (Å²) in [5.74, 6) is -0.436. The number of rotatable bonds is 4. The van der Waals surface area contributed by atoms with Gasteiger partial charge in [0, 0.05) is 18.8 Å². The molecule has 1 aromatic carbocycles. The smallest absolute Gasteiger partial charge is 0.312 e. The van der Waals surface area contributed by atoms with Crippen LogP contribution in [0.3, 0.4) is 0 Å². The molecule has 0 amide bonds. The van der Waals surface area contributed by atoms with Crippen LogP contribution < -0.4 is 4.90 Å². The number of anilines is 1. The molecule has 0 radical (unpaired) electrons. The molecule has 0 fully saturated rings.